The van der Waals surface area contributed by atoms with Crippen LogP contribution >= 0.6 is 0 Å². The SMILES string of the molecule is COc1ccccc1OCC(C)C(C)(C)C. The molecule has 0 bridgehead atoms. The van der Waals surface area contributed by atoms with Gasteiger partial charge in [0, 0.05) is 0 Å². The Hall–Kier alpha value is -1.18. The minimum Gasteiger partial charge on any atom is -0.493 e. The van der Waals surface area contributed by atoms with Crippen LogP contribution in [0.25, 0.3) is 0 Å². The Kier molecular flexibility index (Phi) is 4.22. The molecule has 1 unspecified atom stereocenters. The van der Waals surface area contributed by atoms with E-state index in [0.29, 0.717) is 12.5 Å². The van der Waals surface area contributed by atoms with Crippen LogP contribution in [0.1, 0.15) is 27.7 Å². The molecule has 0 fully saturated rings. The molecule has 0 amide bonds. The van der Waals surface area contributed by atoms with Gasteiger partial charge in [0.05, 0.1) is 13.7 Å². The van der Waals surface area contributed by atoms with Crippen LogP contribution in [0.15, 0.2) is 24.3 Å². The minimum atomic E-state index is 0.266. The molecule has 0 N–H and O–H groups in total. The normalized spacial score (nSPS) is 13.3. The summed E-state index contributed by atoms with van der Waals surface area (Å²) in [4.78, 5) is 0. The van der Waals surface area contributed by atoms with E-state index in [0.717, 1.165) is 11.5 Å². The number of ether oxygens (including phenoxy) is 2. The fourth-order valence-electron chi connectivity index (χ4n) is 1.20. The van der Waals surface area contributed by atoms with Crippen LogP contribution in [-0.4, -0.2) is 13.7 Å². The number of hydrogen-bond acceptors (Lipinski definition) is 2. The van der Waals surface area contributed by atoms with E-state index in [1.54, 1.807) is 7.11 Å². The van der Waals surface area contributed by atoms with E-state index in [1.807, 2.05) is 24.3 Å². The zero-order valence-corrected chi connectivity index (χ0v) is 10.9. The quantitative estimate of drug-likeness (QED) is 0.772. The third kappa shape index (κ3) is 3.44. The first-order valence-corrected chi connectivity index (χ1v) is 5.71. The van der Waals surface area contributed by atoms with Crippen molar-refractivity contribution in [2.75, 3.05) is 13.7 Å². The van der Waals surface area contributed by atoms with Gasteiger partial charge in [-0.2, -0.15) is 0 Å². The highest BCUT2D eigenvalue weighted by Gasteiger charge is 2.20. The smallest absolute Gasteiger partial charge is 0.161 e. The first-order chi connectivity index (χ1) is 7.45. The molecule has 0 heterocycles. The molecule has 0 radical (unpaired) electrons. The molecule has 2 heteroatoms. The lowest BCUT2D eigenvalue weighted by Gasteiger charge is -2.27. The van der Waals surface area contributed by atoms with Crippen molar-refractivity contribution in [1.82, 2.24) is 0 Å². The zero-order chi connectivity index (χ0) is 12.2. The lowest BCUT2D eigenvalue weighted by atomic mass is 9.83. The summed E-state index contributed by atoms with van der Waals surface area (Å²) >= 11 is 0. The molecule has 0 aliphatic rings. The third-order valence-electron chi connectivity index (χ3n) is 3.04. The van der Waals surface area contributed by atoms with Crippen LogP contribution in [0.4, 0.5) is 0 Å². The molecule has 1 aromatic carbocycles. The summed E-state index contributed by atoms with van der Waals surface area (Å²) in [5.41, 5.74) is 0.266. The van der Waals surface area contributed by atoms with Crippen LogP contribution in [0.5, 0.6) is 11.5 Å². The Labute approximate surface area is 98.6 Å². The van der Waals surface area contributed by atoms with Gasteiger partial charge in [0.1, 0.15) is 0 Å². The Morgan fingerprint density at radius 1 is 1.12 bits per heavy atom. The zero-order valence-electron chi connectivity index (χ0n) is 10.9. The fraction of sp³-hybridized carbons (Fsp3) is 0.571. The first kappa shape index (κ1) is 12.9. The number of para-hydroxylation sites is 2. The topological polar surface area (TPSA) is 18.5 Å². The van der Waals surface area contributed by atoms with Gasteiger partial charge in [-0.25, -0.2) is 0 Å². The standard InChI is InChI=1S/C14H22O2/c1-11(14(2,3)4)10-16-13-9-7-6-8-12(13)15-5/h6-9,11H,10H2,1-5H3. The van der Waals surface area contributed by atoms with Gasteiger partial charge >= 0.3 is 0 Å². The van der Waals surface area contributed by atoms with Crippen molar-refractivity contribution in [3.05, 3.63) is 24.3 Å². The Bertz CT molecular complexity index is 326. The molecule has 0 aromatic heterocycles. The van der Waals surface area contributed by atoms with Gasteiger partial charge in [0.15, 0.2) is 11.5 Å². The molecule has 1 aromatic rings. The summed E-state index contributed by atoms with van der Waals surface area (Å²) in [5, 5.41) is 0. The molecule has 1 atom stereocenters. The van der Waals surface area contributed by atoms with Gasteiger partial charge in [-0.1, -0.05) is 39.8 Å². The average Bonchev–Trinajstić information content (AvgIpc) is 2.24. The van der Waals surface area contributed by atoms with Gasteiger partial charge in [0.2, 0.25) is 0 Å². The van der Waals surface area contributed by atoms with E-state index in [2.05, 4.69) is 27.7 Å². The van der Waals surface area contributed by atoms with Gasteiger partial charge in [-0.05, 0) is 23.5 Å². The van der Waals surface area contributed by atoms with E-state index in [4.69, 9.17) is 9.47 Å². The highest BCUT2D eigenvalue weighted by atomic mass is 16.5. The second kappa shape index (κ2) is 5.24. The van der Waals surface area contributed by atoms with Gasteiger partial charge < -0.3 is 9.47 Å². The van der Waals surface area contributed by atoms with Crippen LogP contribution in [-0.2, 0) is 0 Å². The number of hydrogen-bond donors (Lipinski definition) is 0. The highest BCUT2D eigenvalue weighted by molar-refractivity contribution is 5.39. The lowest BCUT2D eigenvalue weighted by Crippen LogP contribution is -2.23. The molecule has 2 nitrogen and oxygen atoms in total. The van der Waals surface area contributed by atoms with Crippen LogP contribution in [0, 0.1) is 11.3 Å². The van der Waals surface area contributed by atoms with Crippen molar-refractivity contribution in [3.63, 3.8) is 0 Å². The first-order valence-electron chi connectivity index (χ1n) is 5.71. The molecule has 90 valence electrons. The van der Waals surface area contributed by atoms with Crippen LogP contribution in [0.2, 0.25) is 0 Å². The monoisotopic (exact) mass is 222 g/mol. The van der Waals surface area contributed by atoms with E-state index >= 15 is 0 Å². The summed E-state index contributed by atoms with van der Waals surface area (Å²) in [6.07, 6.45) is 0. The molecule has 0 saturated heterocycles. The van der Waals surface area contributed by atoms with Crippen molar-refractivity contribution in [2.24, 2.45) is 11.3 Å². The number of rotatable bonds is 4. The van der Waals surface area contributed by atoms with Crippen molar-refractivity contribution in [3.8, 4) is 11.5 Å². The Morgan fingerprint density at radius 3 is 2.19 bits per heavy atom. The number of methoxy groups -OCH3 is 1. The second-order valence-electron chi connectivity index (χ2n) is 5.23. The summed E-state index contributed by atoms with van der Waals surface area (Å²) in [7, 11) is 1.66. The lowest BCUT2D eigenvalue weighted by molar-refractivity contribution is 0.158. The van der Waals surface area contributed by atoms with Crippen LogP contribution < -0.4 is 9.47 Å². The predicted molar refractivity (Wildman–Crippen MR) is 67.1 cm³/mol. The maximum Gasteiger partial charge on any atom is 0.161 e. The van der Waals surface area contributed by atoms with E-state index in [1.165, 1.54) is 0 Å². The van der Waals surface area contributed by atoms with E-state index < -0.39 is 0 Å². The second-order valence-corrected chi connectivity index (χ2v) is 5.23. The van der Waals surface area contributed by atoms with Crippen molar-refractivity contribution >= 4 is 0 Å². The molecule has 16 heavy (non-hydrogen) atoms. The van der Waals surface area contributed by atoms with Crippen LogP contribution in [0.3, 0.4) is 0 Å². The summed E-state index contributed by atoms with van der Waals surface area (Å²) < 4.78 is 11.0. The number of benzene rings is 1. The summed E-state index contributed by atoms with van der Waals surface area (Å²) in [6.45, 7) is 9.59. The van der Waals surface area contributed by atoms with Gasteiger partial charge in [-0.3, -0.25) is 0 Å². The van der Waals surface area contributed by atoms with Crippen molar-refractivity contribution in [2.45, 2.75) is 27.7 Å². The Balaban J connectivity index is 2.61. The van der Waals surface area contributed by atoms with E-state index in [9.17, 15) is 0 Å². The van der Waals surface area contributed by atoms with E-state index in [-0.39, 0.29) is 5.41 Å². The molecule has 1 rings (SSSR count). The Morgan fingerprint density at radius 2 is 1.69 bits per heavy atom. The average molecular weight is 222 g/mol. The minimum absolute atomic E-state index is 0.266. The molecule has 0 spiro atoms. The predicted octanol–water partition coefficient (Wildman–Crippen LogP) is 3.76. The summed E-state index contributed by atoms with van der Waals surface area (Å²) in [5.74, 6) is 2.11. The third-order valence-corrected chi connectivity index (χ3v) is 3.04. The molecule has 0 aliphatic heterocycles. The molecule has 0 aliphatic carbocycles. The summed E-state index contributed by atoms with van der Waals surface area (Å²) in [6, 6.07) is 7.75. The maximum absolute atomic E-state index is 5.79. The largest absolute Gasteiger partial charge is 0.493 e. The molecular formula is C14H22O2. The molecule has 0 saturated carbocycles. The maximum atomic E-state index is 5.79. The van der Waals surface area contributed by atoms with Crippen molar-refractivity contribution in [1.29, 1.82) is 0 Å². The highest BCUT2D eigenvalue weighted by Crippen LogP contribution is 2.29. The van der Waals surface area contributed by atoms with Crippen molar-refractivity contribution < 1.29 is 9.47 Å². The molecular weight excluding hydrogens is 200 g/mol. The van der Waals surface area contributed by atoms with Gasteiger partial charge in [0.25, 0.3) is 0 Å². The fourth-order valence-corrected chi connectivity index (χ4v) is 1.20. The van der Waals surface area contributed by atoms with Gasteiger partial charge in [-0.15, -0.1) is 0 Å².